The van der Waals surface area contributed by atoms with Crippen LogP contribution in [0.4, 0.5) is 0 Å². The van der Waals surface area contributed by atoms with E-state index in [9.17, 15) is 14.7 Å². The zero-order valence-electron chi connectivity index (χ0n) is 13.6. The fraction of sp³-hybridized carbons (Fsp3) is 0.529. The zero-order valence-corrected chi connectivity index (χ0v) is 14.3. The highest BCUT2D eigenvalue weighted by atomic mass is 35.5. The minimum Gasteiger partial charge on any atom is -0.495 e. The fourth-order valence-electron chi connectivity index (χ4n) is 2.78. The number of rotatable bonds is 7. The maximum absolute atomic E-state index is 12.1. The van der Waals surface area contributed by atoms with Crippen LogP contribution in [-0.4, -0.2) is 43.3 Å². The molecular formula is C17H22ClNO5. The second kappa shape index (κ2) is 8.89. The summed E-state index contributed by atoms with van der Waals surface area (Å²) in [5.74, 6) is -0.921. The van der Waals surface area contributed by atoms with Gasteiger partial charge in [-0.3, -0.25) is 4.79 Å². The fourth-order valence-corrected chi connectivity index (χ4v) is 3.06. The molecule has 0 spiro atoms. The van der Waals surface area contributed by atoms with Crippen LogP contribution in [0.3, 0.4) is 0 Å². The molecule has 7 heteroatoms. The summed E-state index contributed by atoms with van der Waals surface area (Å²) in [6.07, 6.45) is 2.23. The first-order chi connectivity index (χ1) is 11.5. The molecule has 0 saturated carbocycles. The van der Waals surface area contributed by atoms with Crippen LogP contribution in [0.15, 0.2) is 18.2 Å². The van der Waals surface area contributed by atoms with Crippen molar-refractivity contribution in [3.8, 4) is 5.75 Å². The lowest BCUT2D eigenvalue weighted by atomic mass is 9.93. The van der Waals surface area contributed by atoms with Crippen LogP contribution < -0.4 is 10.1 Å². The lowest BCUT2D eigenvalue weighted by Crippen LogP contribution is -2.48. The number of carbonyl (C=O) groups excluding carboxylic acids is 1. The number of hydrogen-bond acceptors (Lipinski definition) is 4. The van der Waals surface area contributed by atoms with Gasteiger partial charge in [0.05, 0.1) is 18.7 Å². The summed E-state index contributed by atoms with van der Waals surface area (Å²) in [6.45, 7) is 1.01. The van der Waals surface area contributed by atoms with E-state index in [2.05, 4.69) is 5.32 Å². The van der Waals surface area contributed by atoms with E-state index in [4.69, 9.17) is 21.1 Å². The van der Waals surface area contributed by atoms with Crippen molar-refractivity contribution < 1.29 is 24.2 Å². The van der Waals surface area contributed by atoms with E-state index < -0.39 is 12.0 Å². The van der Waals surface area contributed by atoms with Gasteiger partial charge < -0.3 is 19.9 Å². The molecule has 0 bridgehead atoms. The molecule has 2 rings (SSSR count). The standard InChI is InChI=1S/C17H22ClNO5/c1-23-14-6-4-11(9-13(14)18)5-7-15(20)19-16(17(21)22)12-3-2-8-24-10-12/h4,6,9,12,16H,2-3,5,7-8,10H2,1H3,(H,19,20)(H,21,22). The van der Waals surface area contributed by atoms with Crippen molar-refractivity contribution in [3.05, 3.63) is 28.8 Å². The Hall–Kier alpha value is -1.79. The number of aryl methyl sites for hydroxylation is 1. The molecule has 2 atom stereocenters. The van der Waals surface area contributed by atoms with Gasteiger partial charge in [-0.15, -0.1) is 0 Å². The molecule has 1 saturated heterocycles. The van der Waals surface area contributed by atoms with Crippen LogP contribution >= 0.6 is 11.6 Å². The van der Waals surface area contributed by atoms with Crippen molar-refractivity contribution in [2.45, 2.75) is 31.7 Å². The van der Waals surface area contributed by atoms with Gasteiger partial charge in [0.2, 0.25) is 5.91 Å². The van der Waals surface area contributed by atoms with Gasteiger partial charge in [-0.2, -0.15) is 0 Å². The molecule has 24 heavy (non-hydrogen) atoms. The van der Waals surface area contributed by atoms with Crippen molar-refractivity contribution in [1.29, 1.82) is 0 Å². The second-order valence-corrected chi connectivity index (χ2v) is 6.24. The molecule has 2 N–H and O–H groups in total. The Kier molecular flexibility index (Phi) is 6.87. The van der Waals surface area contributed by atoms with Crippen molar-refractivity contribution in [1.82, 2.24) is 5.32 Å². The molecule has 2 unspecified atom stereocenters. The molecule has 1 heterocycles. The Labute approximate surface area is 146 Å². The average Bonchev–Trinajstić information content (AvgIpc) is 2.58. The molecule has 0 radical (unpaired) electrons. The molecule has 0 aliphatic carbocycles. The summed E-state index contributed by atoms with van der Waals surface area (Å²) < 4.78 is 10.4. The largest absolute Gasteiger partial charge is 0.495 e. The van der Waals surface area contributed by atoms with Gasteiger partial charge in [0.25, 0.3) is 0 Å². The predicted molar refractivity (Wildman–Crippen MR) is 89.4 cm³/mol. The zero-order chi connectivity index (χ0) is 17.5. The van der Waals surface area contributed by atoms with E-state index in [0.29, 0.717) is 30.4 Å². The Bertz CT molecular complexity index is 586. The van der Waals surface area contributed by atoms with Crippen LogP contribution in [0.5, 0.6) is 5.75 Å². The van der Waals surface area contributed by atoms with Crippen molar-refractivity contribution >= 4 is 23.5 Å². The molecule has 1 aliphatic heterocycles. The molecule has 1 amide bonds. The van der Waals surface area contributed by atoms with E-state index >= 15 is 0 Å². The monoisotopic (exact) mass is 355 g/mol. The number of carboxylic acid groups (broad SMARTS) is 1. The van der Waals surface area contributed by atoms with E-state index in [1.54, 1.807) is 12.1 Å². The quantitative estimate of drug-likeness (QED) is 0.783. The van der Waals surface area contributed by atoms with Crippen molar-refractivity contribution in [2.24, 2.45) is 5.92 Å². The van der Waals surface area contributed by atoms with Crippen LogP contribution in [0.25, 0.3) is 0 Å². The maximum Gasteiger partial charge on any atom is 0.326 e. The lowest BCUT2D eigenvalue weighted by Gasteiger charge is -2.28. The number of aliphatic carboxylic acids is 1. The number of carbonyl (C=O) groups is 2. The molecule has 1 aliphatic rings. The molecular weight excluding hydrogens is 334 g/mol. The van der Waals surface area contributed by atoms with Gasteiger partial charge in [-0.05, 0) is 37.0 Å². The summed E-state index contributed by atoms with van der Waals surface area (Å²) in [5.41, 5.74) is 0.892. The molecule has 132 valence electrons. The SMILES string of the molecule is COc1ccc(CCC(=O)NC(C(=O)O)C2CCCOC2)cc1Cl. The third-order valence-electron chi connectivity index (χ3n) is 4.11. The van der Waals surface area contributed by atoms with Gasteiger partial charge in [0.1, 0.15) is 11.8 Å². The third kappa shape index (κ3) is 5.11. The van der Waals surface area contributed by atoms with Gasteiger partial charge in [-0.1, -0.05) is 17.7 Å². The van der Waals surface area contributed by atoms with E-state index in [-0.39, 0.29) is 18.2 Å². The van der Waals surface area contributed by atoms with Crippen molar-refractivity contribution in [3.63, 3.8) is 0 Å². The Morgan fingerprint density at radius 1 is 1.50 bits per heavy atom. The summed E-state index contributed by atoms with van der Waals surface area (Å²) in [5, 5.41) is 12.5. The van der Waals surface area contributed by atoms with Crippen LogP contribution in [0.2, 0.25) is 5.02 Å². The normalized spacial score (nSPS) is 18.7. The first kappa shape index (κ1) is 18.5. The number of ether oxygens (including phenoxy) is 2. The Morgan fingerprint density at radius 2 is 2.29 bits per heavy atom. The Balaban J connectivity index is 1.88. The smallest absolute Gasteiger partial charge is 0.326 e. The van der Waals surface area contributed by atoms with E-state index in [0.717, 1.165) is 18.4 Å². The average molecular weight is 356 g/mol. The third-order valence-corrected chi connectivity index (χ3v) is 4.40. The number of benzene rings is 1. The minimum absolute atomic E-state index is 0.185. The Morgan fingerprint density at radius 3 is 2.88 bits per heavy atom. The van der Waals surface area contributed by atoms with Crippen LogP contribution in [0.1, 0.15) is 24.8 Å². The van der Waals surface area contributed by atoms with Crippen LogP contribution in [0, 0.1) is 5.92 Å². The molecule has 1 fully saturated rings. The summed E-state index contributed by atoms with van der Waals surface area (Å²) in [7, 11) is 1.54. The number of halogens is 1. The predicted octanol–water partition coefficient (Wildman–Crippen LogP) is 2.28. The van der Waals surface area contributed by atoms with Gasteiger partial charge >= 0.3 is 5.97 Å². The van der Waals surface area contributed by atoms with Crippen molar-refractivity contribution in [2.75, 3.05) is 20.3 Å². The second-order valence-electron chi connectivity index (χ2n) is 5.83. The highest BCUT2D eigenvalue weighted by Crippen LogP contribution is 2.25. The highest BCUT2D eigenvalue weighted by molar-refractivity contribution is 6.32. The highest BCUT2D eigenvalue weighted by Gasteiger charge is 2.31. The topological polar surface area (TPSA) is 84.9 Å². The summed E-state index contributed by atoms with van der Waals surface area (Å²) in [4.78, 5) is 23.5. The number of nitrogens with one attached hydrogen (secondary N) is 1. The van der Waals surface area contributed by atoms with E-state index in [1.165, 1.54) is 7.11 Å². The lowest BCUT2D eigenvalue weighted by molar-refractivity contribution is -0.145. The number of methoxy groups -OCH3 is 1. The summed E-state index contributed by atoms with van der Waals surface area (Å²) in [6, 6.07) is 4.42. The van der Waals surface area contributed by atoms with Gasteiger partial charge in [0.15, 0.2) is 0 Å². The first-order valence-corrected chi connectivity index (χ1v) is 8.31. The molecule has 1 aromatic carbocycles. The van der Waals surface area contributed by atoms with Gasteiger partial charge in [-0.25, -0.2) is 4.79 Å². The minimum atomic E-state index is -1.02. The summed E-state index contributed by atoms with van der Waals surface area (Å²) >= 11 is 6.06. The van der Waals surface area contributed by atoms with Gasteiger partial charge in [0, 0.05) is 18.9 Å². The van der Waals surface area contributed by atoms with E-state index in [1.807, 2.05) is 6.07 Å². The molecule has 0 aromatic heterocycles. The number of carboxylic acids is 1. The number of hydrogen-bond donors (Lipinski definition) is 2. The number of amides is 1. The maximum atomic E-state index is 12.1. The molecule has 1 aromatic rings. The first-order valence-electron chi connectivity index (χ1n) is 7.93. The molecule has 6 nitrogen and oxygen atoms in total. The van der Waals surface area contributed by atoms with Crippen LogP contribution in [-0.2, 0) is 20.7 Å².